The van der Waals surface area contributed by atoms with Crippen molar-refractivity contribution in [1.29, 1.82) is 0 Å². The van der Waals surface area contributed by atoms with Crippen molar-refractivity contribution in [2.24, 2.45) is 0 Å². The van der Waals surface area contributed by atoms with Gasteiger partial charge in [-0.1, -0.05) is 0 Å². The molecule has 17 heavy (non-hydrogen) atoms. The number of hydrogen-bond acceptors (Lipinski definition) is 4. The summed E-state index contributed by atoms with van der Waals surface area (Å²) in [5.74, 6) is 0. The van der Waals surface area contributed by atoms with E-state index in [4.69, 9.17) is 0 Å². The van der Waals surface area contributed by atoms with Crippen LogP contribution in [0.1, 0.15) is 36.3 Å². The van der Waals surface area contributed by atoms with Gasteiger partial charge in [-0.05, 0) is 41.7 Å². The first kappa shape index (κ1) is 14.6. The molecule has 0 aliphatic carbocycles. The SMILES string of the molecule is Cc1nc(CN(C)CCNC(C)(C)C)sc1C. The van der Waals surface area contributed by atoms with Crippen molar-refractivity contribution >= 4 is 11.3 Å². The smallest absolute Gasteiger partial charge is 0.107 e. The highest BCUT2D eigenvalue weighted by Gasteiger charge is 2.10. The Hall–Kier alpha value is -0.450. The summed E-state index contributed by atoms with van der Waals surface area (Å²) in [6, 6.07) is 0. The minimum atomic E-state index is 0.204. The lowest BCUT2D eigenvalue weighted by atomic mass is 10.1. The normalized spacial score (nSPS) is 12.4. The number of likely N-dealkylation sites (N-methyl/N-ethyl adjacent to an activating group) is 1. The highest BCUT2D eigenvalue weighted by Crippen LogP contribution is 2.17. The number of rotatable bonds is 5. The third-order valence-corrected chi connectivity index (χ3v) is 3.68. The van der Waals surface area contributed by atoms with Crippen LogP contribution in [-0.2, 0) is 6.54 Å². The average molecular weight is 255 g/mol. The number of aromatic nitrogens is 1. The number of hydrogen-bond donors (Lipinski definition) is 1. The van der Waals surface area contributed by atoms with Crippen LogP contribution in [0.25, 0.3) is 0 Å². The van der Waals surface area contributed by atoms with Crippen molar-refractivity contribution in [1.82, 2.24) is 15.2 Å². The second kappa shape index (κ2) is 5.94. The molecule has 0 radical (unpaired) electrons. The van der Waals surface area contributed by atoms with Gasteiger partial charge in [0, 0.05) is 23.5 Å². The van der Waals surface area contributed by atoms with Gasteiger partial charge in [-0.15, -0.1) is 11.3 Å². The molecule has 0 aliphatic heterocycles. The molecule has 3 nitrogen and oxygen atoms in total. The van der Waals surface area contributed by atoms with Crippen molar-refractivity contribution in [3.63, 3.8) is 0 Å². The second-order valence-corrected chi connectivity index (χ2v) is 6.95. The summed E-state index contributed by atoms with van der Waals surface area (Å²) in [7, 11) is 2.15. The zero-order chi connectivity index (χ0) is 13.1. The molecule has 0 bridgehead atoms. The maximum atomic E-state index is 4.56. The van der Waals surface area contributed by atoms with Crippen LogP contribution >= 0.6 is 11.3 Å². The van der Waals surface area contributed by atoms with Gasteiger partial charge in [-0.25, -0.2) is 4.98 Å². The third-order valence-electron chi connectivity index (χ3n) is 2.63. The predicted octanol–water partition coefficient (Wildman–Crippen LogP) is 2.58. The van der Waals surface area contributed by atoms with E-state index in [1.54, 1.807) is 0 Å². The highest BCUT2D eigenvalue weighted by atomic mass is 32.1. The average Bonchev–Trinajstić information content (AvgIpc) is 2.43. The first-order valence-electron chi connectivity index (χ1n) is 6.14. The highest BCUT2D eigenvalue weighted by molar-refractivity contribution is 7.11. The van der Waals surface area contributed by atoms with Crippen LogP contribution in [0.2, 0.25) is 0 Å². The molecular formula is C13H25N3S. The fraction of sp³-hybridized carbons (Fsp3) is 0.769. The van der Waals surface area contributed by atoms with E-state index in [0.717, 1.165) is 19.6 Å². The topological polar surface area (TPSA) is 28.2 Å². The molecule has 1 N–H and O–H groups in total. The van der Waals surface area contributed by atoms with Gasteiger partial charge in [0.2, 0.25) is 0 Å². The Kier molecular flexibility index (Phi) is 5.10. The molecule has 0 saturated heterocycles. The Morgan fingerprint density at radius 2 is 1.94 bits per heavy atom. The van der Waals surface area contributed by atoms with Crippen molar-refractivity contribution < 1.29 is 0 Å². The molecule has 1 aromatic rings. The van der Waals surface area contributed by atoms with E-state index in [2.05, 4.69) is 56.9 Å². The van der Waals surface area contributed by atoms with Gasteiger partial charge in [-0.2, -0.15) is 0 Å². The van der Waals surface area contributed by atoms with Crippen LogP contribution in [-0.4, -0.2) is 35.6 Å². The van der Waals surface area contributed by atoms with Crippen LogP contribution in [0.5, 0.6) is 0 Å². The van der Waals surface area contributed by atoms with E-state index in [1.807, 2.05) is 11.3 Å². The van der Waals surface area contributed by atoms with Crippen LogP contribution in [0, 0.1) is 13.8 Å². The predicted molar refractivity (Wildman–Crippen MR) is 75.7 cm³/mol. The lowest BCUT2D eigenvalue weighted by molar-refractivity contribution is 0.303. The molecule has 0 saturated carbocycles. The van der Waals surface area contributed by atoms with Crippen molar-refractivity contribution in [3.8, 4) is 0 Å². The van der Waals surface area contributed by atoms with E-state index < -0.39 is 0 Å². The zero-order valence-electron chi connectivity index (χ0n) is 11.9. The van der Waals surface area contributed by atoms with Gasteiger partial charge in [0.1, 0.15) is 5.01 Å². The molecule has 0 unspecified atom stereocenters. The number of aryl methyl sites for hydroxylation is 2. The largest absolute Gasteiger partial charge is 0.311 e. The van der Waals surface area contributed by atoms with Gasteiger partial charge in [-0.3, -0.25) is 4.90 Å². The van der Waals surface area contributed by atoms with Gasteiger partial charge >= 0.3 is 0 Å². The van der Waals surface area contributed by atoms with E-state index in [0.29, 0.717) is 0 Å². The third kappa shape index (κ3) is 5.61. The standard InChI is InChI=1S/C13H25N3S/c1-10-11(2)17-12(15-10)9-16(6)8-7-14-13(3,4)5/h14H,7-9H2,1-6H3. The summed E-state index contributed by atoms with van der Waals surface area (Å²) in [5, 5.41) is 4.72. The first-order valence-corrected chi connectivity index (χ1v) is 6.96. The van der Waals surface area contributed by atoms with Crippen LogP contribution in [0.4, 0.5) is 0 Å². The first-order chi connectivity index (χ1) is 7.78. The Balaban J connectivity index is 2.32. The summed E-state index contributed by atoms with van der Waals surface area (Å²) >= 11 is 1.81. The maximum Gasteiger partial charge on any atom is 0.107 e. The minimum absolute atomic E-state index is 0.204. The Bertz CT molecular complexity index is 333. The van der Waals surface area contributed by atoms with Gasteiger partial charge in [0.15, 0.2) is 0 Å². The fourth-order valence-corrected chi connectivity index (χ4v) is 2.55. The molecule has 0 aliphatic rings. The van der Waals surface area contributed by atoms with Gasteiger partial charge in [0.05, 0.1) is 12.2 Å². The van der Waals surface area contributed by atoms with E-state index >= 15 is 0 Å². The minimum Gasteiger partial charge on any atom is -0.311 e. The van der Waals surface area contributed by atoms with Crippen LogP contribution in [0.3, 0.4) is 0 Å². The van der Waals surface area contributed by atoms with E-state index in [9.17, 15) is 0 Å². The molecule has 0 amide bonds. The monoisotopic (exact) mass is 255 g/mol. The molecule has 0 spiro atoms. The molecule has 1 aromatic heterocycles. The maximum absolute atomic E-state index is 4.56. The number of nitrogens with zero attached hydrogens (tertiary/aromatic N) is 2. The molecule has 0 fully saturated rings. The summed E-state index contributed by atoms with van der Waals surface area (Å²) in [4.78, 5) is 8.21. The van der Waals surface area contributed by atoms with E-state index in [-0.39, 0.29) is 5.54 Å². The van der Waals surface area contributed by atoms with Crippen LogP contribution in [0.15, 0.2) is 0 Å². The lowest BCUT2D eigenvalue weighted by Gasteiger charge is -2.23. The molecular weight excluding hydrogens is 230 g/mol. The quantitative estimate of drug-likeness (QED) is 0.876. The summed E-state index contributed by atoms with van der Waals surface area (Å²) in [6.45, 7) is 13.8. The number of nitrogens with one attached hydrogen (secondary N) is 1. The van der Waals surface area contributed by atoms with E-state index in [1.165, 1.54) is 15.6 Å². The van der Waals surface area contributed by atoms with Crippen LogP contribution < -0.4 is 5.32 Å². The Morgan fingerprint density at radius 3 is 2.41 bits per heavy atom. The number of thiazole rings is 1. The summed E-state index contributed by atoms with van der Waals surface area (Å²) < 4.78 is 0. The summed E-state index contributed by atoms with van der Waals surface area (Å²) in [5.41, 5.74) is 1.38. The molecule has 1 rings (SSSR count). The second-order valence-electron chi connectivity index (χ2n) is 5.66. The zero-order valence-corrected chi connectivity index (χ0v) is 12.7. The van der Waals surface area contributed by atoms with Gasteiger partial charge < -0.3 is 5.32 Å². The Labute approximate surface area is 109 Å². The molecule has 0 aromatic carbocycles. The molecule has 0 atom stereocenters. The molecule has 1 heterocycles. The molecule has 98 valence electrons. The lowest BCUT2D eigenvalue weighted by Crippen LogP contribution is -2.40. The van der Waals surface area contributed by atoms with Crippen molar-refractivity contribution in [2.75, 3.05) is 20.1 Å². The molecule has 4 heteroatoms. The fourth-order valence-electron chi connectivity index (χ4n) is 1.54. The summed E-state index contributed by atoms with van der Waals surface area (Å²) in [6.07, 6.45) is 0. The van der Waals surface area contributed by atoms with Gasteiger partial charge in [0.25, 0.3) is 0 Å². The van der Waals surface area contributed by atoms with Crippen molar-refractivity contribution in [2.45, 2.75) is 46.7 Å². The Morgan fingerprint density at radius 1 is 1.29 bits per heavy atom. The van der Waals surface area contributed by atoms with Crippen molar-refractivity contribution in [3.05, 3.63) is 15.6 Å².